The number of amides is 1. The van der Waals surface area contributed by atoms with Crippen molar-refractivity contribution in [3.05, 3.63) is 35.2 Å². The van der Waals surface area contributed by atoms with Gasteiger partial charge in [-0.05, 0) is 19.8 Å². The van der Waals surface area contributed by atoms with Crippen molar-refractivity contribution < 1.29 is 13.2 Å². The van der Waals surface area contributed by atoms with Crippen molar-refractivity contribution in [2.24, 2.45) is 5.92 Å². The molecule has 0 bridgehead atoms. The minimum Gasteiger partial charge on any atom is -0.302 e. The van der Waals surface area contributed by atoms with E-state index in [2.05, 4.69) is 10.3 Å². The topological polar surface area (TPSA) is 79.4 Å². The molecule has 134 valence electrons. The molecule has 8 heteroatoms. The number of hydrogen-bond donors (Lipinski definition) is 1. The lowest BCUT2D eigenvalue weighted by atomic mass is 9.99. The van der Waals surface area contributed by atoms with Crippen LogP contribution in [0, 0.1) is 12.8 Å². The van der Waals surface area contributed by atoms with Gasteiger partial charge in [0.1, 0.15) is 0 Å². The van der Waals surface area contributed by atoms with E-state index in [9.17, 15) is 13.2 Å². The molecule has 1 aliphatic rings. The van der Waals surface area contributed by atoms with Gasteiger partial charge in [0.2, 0.25) is 15.9 Å². The lowest BCUT2D eigenvalue weighted by Gasteiger charge is -2.29. The molecule has 0 aliphatic carbocycles. The van der Waals surface area contributed by atoms with Crippen LogP contribution < -0.4 is 5.32 Å². The van der Waals surface area contributed by atoms with E-state index in [1.165, 1.54) is 27.5 Å². The van der Waals surface area contributed by atoms with Crippen molar-refractivity contribution in [3.8, 4) is 11.3 Å². The van der Waals surface area contributed by atoms with E-state index in [1.54, 1.807) is 0 Å². The number of nitrogens with one attached hydrogen (secondary N) is 1. The standard InChI is InChI=1S/C17H21N3O3S2/c1-12-5-7-13(8-6-12)15-11-24-17(18-15)19-16(21)14-4-3-9-20(10-14)25(2,22)23/h5-8,11,14H,3-4,9-10H2,1-2H3,(H,18,19,21)/t14-/m0/s1. The second-order valence-corrected chi connectivity index (χ2v) is 9.19. The first kappa shape index (κ1) is 18.0. The Morgan fingerprint density at radius 2 is 2.04 bits per heavy atom. The van der Waals surface area contributed by atoms with Gasteiger partial charge in [-0.15, -0.1) is 11.3 Å². The van der Waals surface area contributed by atoms with E-state index >= 15 is 0 Å². The minimum absolute atomic E-state index is 0.168. The van der Waals surface area contributed by atoms with Crippen molar-refractivity contribution >= 4 is 32.4 Å². The maximum absolute atomic E-state index is 12.5. The van der Waals surface area contributed by atoms with Gasteiger partial charge in [0, 0.05) is 24.0 Å². The van der Waals surface area contributed by atoms with Gasteiger partial charge in [0.25, 0.3) is 0 Å². The number of anilines is 1. The first-order valence-electron chi connectivity index (χ1n) is 8.11. The molecule has 1 aromatic carbocycles. The monoisotopic (exact) mass is 379 g/mol. The molecule has 1 aliphatic heterocycles. The van der Waals surface area contributed by atoms with Crippen LogP contribution in [0.15, 0.2) is 29.6 Å². The van der Waals surface area contributed by atoms with Crippen molar-refractivity contribution in [1.29, 1.82) is 0 Å². The van der Waals surface area contributed by atoms with Crippen molar-refractivity contribution in [2.45, 2.75) is 19.8 Å². The van der Waals surface area contributed by atoms with E-state index in [0.717, 1.165) is 11.3 Å². The lowest BCUT2D eigenvalue weighted by molar-refractivity contribution is -0.120. The van der Waals surface area contributed by atoms with Gasteiger partial charge < -0.3 is 5.32 Å². The van der Waals surface area contributed by atoms with Crippen LogP contribution in [-0.2, 0) is 14.8 Å². The van der Waals surface area contributed by atoms with Gasteiger partial charge in [-0.3, -0.25) is 4.79 Å². The van der Waals surface area contributed by atoms with Gasteiger partial charge in [0.05, 0.1) is 17.9 Å². The molecule has 3 rings (SSSR count). The number of piperidine rings is 1. The zero-order chi connectivity index (χ0) is 18.0. The normalized spacial score (nSPS) is 18.9. The molecule has 1 amide bonds. The first-order valence-corrected chi connectivity index (χ1v) is 10.8. The largest absolute Gasteiger partial charge is 0.302 e. The zero-order valence-electron chi connectivity index (χ0n) is 14.2. The number of benzene rings is 1. The molecule has 0 unspecified atom stereocenters. The molecule has 6 nitrogen and oxygen atoms in total. The Morgan fingerprint density at radius 1 is 1.32 bits per heavy atom. The SMILES string of the molecule is Cc1ccc(-c2csc(NC(=O)[C@H]3CCCN(S(C)(=O)=O)C3)n2)cc1. The second-order valence-electron chi connectivity index (χ2n) is 6.35. The maximum atomic E-state index is 12.5. The Kier molecular flexibility index (Phi) is 5.21. The zero-order valence-corrected chi connectivity index (χ0v) is 15.9. The number of hydrogen-bond acceptors (Lipinski definition) is 5. The Bertz CT molecular complexity index is 860. The molecule has 0 saturated carbocycles. The molecule has 1 saturated heterocycles. The number of thiazole rings is 1. The van der Waals surface area contributed by atoms with Gasteiger partial charge in [-0.25, -0.2) is 17.7 Å². The lowest BCUT2D eigenvalue weighted by Crippen LogP contribution is -2.43. The van der Waals surface area contributed by atoms with E-state index in [0.29, 0.717) is 24.5 Å². The van der Waals surface area contributed by atoms with Crippen LogP contribution in [-0.4, -0.2) is 43.0 Å². The van der Waals surface area contributed by atoms with Crippen molar-refractivity contribution in [2.75, 3.05) is 24.7 Å². The summed E-state index contributed by atoms with van der Waals surface area (Å²) in [7, 11) is -3.26. The van der Waals surface area contributed by atoms with Crippen LogP contribution in [0.5, 0.6) is 0 Å². The summed E-state index contributed by atoms with van der Waals surface area (Å²) >= 11 is 1.37. The number of rotatable bonds is 4. The van der Waals surface area contributed by atoms with Crippen LogP contribution >= 0.6 is 11.3 Å². The predicted octanol–water partition coefficient (Wildman–Crippen LogP) is 2.73. The quantitative estimate of drug-likeness (QED) is 0.886. The first-order chi connectivity index (χ1) is 11.8. The third-order valence-electron chi connectivity index (χ3n) is 4.31. The van der Waals surface area contributed by atoms with Gasteiger partial charge in [-0.1, -0.05) is 29.8 Å². The van der Waals surface area contributed by atoms with Crippen molar-refractivity contribution in [1.82, 2.24) is 9.29 Å². The summed E-state index contributed by atoms with van der Waals surface area (Å²) < 4.78 is 24.7. The summed E-state index contributed by atoms with van der Waals surface area (Å²) in [5, 5.41) is 5.28. The highest BCUT2D eigenvalue weighted by Gasteiger charge is 2.30. The van der Waals surface area contributed by atoms with Gasteiger partial charge in [0.15, 0.2) is 5.13 Å². The summed E-state index contributed by atoms with van der Waals surface area (Å²) in [6.07, 6.45) is 2.56. The van der Waals surface area contributed by atoms with E-state index < -0.39 is 10.0 Å². The Hall–Kier alpha value is -1.77. The fourth-order valence-corrected chi connectivity index (χ4v) is 4.49. The van der Waals surface area contributed by atoms with E-state index in [-0.39, 0.29) is 18.4 Å². The molecule has 2 heterocycles. The summed E-state index contributed by atoms with van der Waals surface area (Å²) in [5.74, 6) is -0.506. The number of aromatic nitrogens is 1. The summed E-state index contributed by atoms with van der Waals surface area (Å²) in [6, 6.07) is 8.05. The van der Waals surface area contributed by atoms with Gasteiger partial charge in [-0.2, -0.15) is 0 Å². The fraction of sp³-hybridized carbons (Fsp3) is 0.412. The molecule has 1 fully saturated rings. The molecular weight excluding hydrogens is 358 g/mol. The van der Waals surface area contributed by atoms with Crippen molar-refractivity contribution in [3.63, 3.8) is 0 Å². The summed E-state index contributed by atoms with van der Waals surface area (Å²) in [6.45, 7) is 2.75. The summed E-state index contributed by atoms with van der Waals surface area (Å²) in [5.41, 5.74) is 3.00. The van der Waals surface area contributed by atoms with Crippen LogP contribution in [0.1, 0.15) is 18.4 Å². The fourth-order valence-electron chi connectivity index (χ4n) is 2.85. The smallest absolute Gasteiger partial charge is 0.230 e. The van der Waals surface area contributed by atoms with Gasteiger partial charge >= 0.3 is 0 Å². The molecule has 1 aromatic heterocycles. The minimum atomic E-state index is -3.26. The molecule has 1 N–H and O–H groups in total. The number of aryl methyl sites for hydroxylation is 1. The average Bonchev–Trinajstić information content (AvgIpc) is 3.03. The van der Waals surface area contributed by atoms with E-state index in [4.69, 9.17) is 0 Å². The maximum Gasteiger partial charge on any atom is 0.230 e. The Labute approximate surface area is 151 Å². The summed E-state index contributed by atoms with van der Waals surface area (Å²) in [4.78, 5) is 16.9. The second kappa shape index (κ2) is 7.23. The third kappa shape index (κ3) is 4.45. The number of carbonyl (C=O) groups excluding carboxylic acids is 1. The number of carbonyl (C=O) groups is 1. The highest BCUT2D eigenvalue weighted by atomic mass is 32.2. The van der Waals surface area contributed by atoms with Crippen LogP contribution in [0.25, 0.3) is 11.3 Å². The Morgan fingerprint density at radius 3 is 2.72 bits per heavy atom. The number of sulfonamides is 1. The molecule has 1 atom stereocenters. The highest BCUT2D eigenvalue weighted by molar-refractivity contribution is 7.88. The number of nitrogens with zero attached hydrogens (tertiary/aromatic N) is 2. The molecule has 25 heavy (non-hydrogen) atoms. The third-order valence-corrected chi connectivity index (χ3v) is 6.33. The highest BCUT2D eigenvalue weighted by Crippen LogP contribution is 2.26. The van der Waals surface area contributed by atoms with Crippen LogP contribution in [0.4, 0.5) is 5.13 Å². The van der Waals surface area contributed by atoms with Crippen LogP contribution in [0.2, 0.25) is 0 Å². The predicted molar refractivity (Wildman–Crippen MR) is 100 cm³/mol. The van der Waals surface area contributed by atoms with Crippen LogP contribution in [0.3, 0.4) is 0 Å². The van der Waals surface area contributed by atoms with E-state index in [1.807, 2.05) is 36.6 Å². The Balaban J connectivity index is 1.66. The molecule has 2 aromatic rings. The molecule has 0 spiro atoms. The molecular formula is C17H21N3O3S2. The molecule has 0 radical (unpaired) electrons. The average molecular weight is 380 g/mol.